The number of hydrogen-bond donors (Lipinski definition) is 0. The van der Waals surface area contributed by atoms with E-state index in [0.717, 1.165) is 0 Å². The summed E-state index contributed by atoms with van der Waals surface area (Å²) in [4.78, 5) is 0. The molecular weight excluding hydrogens is 161 g/mol. The first-order valence-corrected chi connectivity index (χ1v) is 2.82. The Bertz CT molecular complexity index is 19.7. The van der Waals surface area contributed by atoms with Gasteiger partial charge in [-0.15, -0.1) is 0 Å². The molecule has 0 aromatic rings. The average molecular weight is 172 g/mol. The van der Waals surface area contributed by atoms with Crippen molar-refractivity contribution >= 4 is 0 Å². The van der Waals surface area contributed by atoms with Crippen LogP contribution in [0.5, 0.6) is 0 Å². The molecule has 0 unspecified atom stereocenters. The molecule has 1 radical (unpaired) electrons. The zero-order valence-corrected chi connectivity index (χ0v) is 7.53. The van der Waals surface area contributed by atoms with Crippen LogP contribution in [0.2, 0.25) is 0 Å². The molecule has 1 fully saturated rings. The van der Waals surface area contributed by atoms with E-state index >= 15 is 0 Å². The van der Waals surface area contributed by atoms with Gasteiger partial charge in [0.2, 0.25) is 0 Å². The summed E-state index contributed by atoms with van der Waals surface area (Å²) in [5.41, 5.74) is 0. The summed E-state index contributed by atoms with van der Waals surface area (Å²) < 4.78 is 0. The minimum absolute atomic E-state index is 0. The predicted octanol–water partition coefficient (Wildman–Crippen LogP) is 2.15. The van der Waals surface area contributed by atoms with E-state index in [1.54, 1.807) is 0 Å². The van der Waals surface area contributed by atoms with Gasteiger partial charge in [-0.25, -0.2) is 0 Å². The molecule has 1 rings (SSSR count). The van der Waals surface area contributed by atoms with E-state index < -0.39 is 0 Å². The molecule has 0 aromatic carbocycles. The molecule has 1 aliphatic carbocycles. The Kier molecular flexibility index (Phi) is 6.07. The van der Waals surface area contributed by atoms with Crippen molar-refractivity contribution in [3.05, 3.63) is 6.42 Å². The van der Waals surface area contributed by atoms with Crippen LogP contribution in [0.1, 0.15) is 32.1 Å². The van der Waals surface area contributed by atoms with Crippen molar-refractivity contribution in [1.82, 2.24) is 0 Å². The monoisotopic (exact) mass is 172 g/mol. The van der Waals surface area contributed by atoms with Crippen LogP contribution in [0.25, 0.3) is 0 Å². The van der Waals surface area contributed by atoms with Crippen LogP contribution in [0.3, 0.4) is 0 Å². The third-order valence-corrected chi connectivity index (χ3v) is 1.32. The fourth-order valence-corrected chi connectivity index (χ4v) is 0.898. The molecule has 39 valence electrons. The summed E-state index contributed by atoms with van der Waals surface area (Å²) in [6.45, 7) is 0. The van der Waals surface area contributed by atoms with Crippen molar-refractivity contribution in [2.24, 2.45) is 0 Å². The Morgan fingerprint density at radius 2 is 1.43 bits per heavy atom. The van der Waals surface area contributed by atoms with Crippen molar-refractivity contribution < 1.29 is 32.7 Å². The first-order chi connectivity index (χ1) is 3.00. The Labute approximate surface area is 70.9 Å². The van der Waals surface area contributed by atoms with Crippen molar-refractivity contribution in [2.45, 2.75) is 32.1 Å². The summed E-state index contributed by atoms with van der Waals surface area (Å²) in [5, 5.41) is 0. The molecule has 0 N–H and O–H groups in total. The molecule has 1 aliphatic rings. The molecule has 0 amide bonds. The Hall–Kier alpha value is 1.10. The fourth-order valence-electron chi connectivity index (χ4n) is 0.898. The zero-order valence-electron chi connectivity index (χ0n) is 4.69. The second-order valence-corrected chi connectivity index (χ2v) is 1.93. The largest absolute Gasteiger partial charge is 0.328 e. The molecule has 0 saturated heterocycles. The molecule has 0 aromatic heterocycles. The average Bonchev–Trinajstić information content (AvgIpc) is 1.72. The van der Waals surface area contributed by atoms with Gasteiger partial charge in [-0.3, -0.25) is 0 Å². The van der Waals surface area contributed by atoms with E-state index in [9.17, 15) is 0 Å². The first-order valence-electron chi connectivity index (χ1n) is 2.82. The third kappa shape index (κ3) is 3.67. The normalized spacial score (nSPS) is 20.6. The van der Waals surface area contributed by atoms with Crippen LogP contribution in [-0.4, -0.2) is 0 Å². The van der Waals surface area contributed by atoms with Crippen molar-refractivity contribution in [2.75, 3.05) is 0 Å². The summed E-state index contributed by atoms with van der Waals surface area (Å²) in [6, 6.07) is 0. The quantitative estimate of drug-likeness (QED) is 0.491. The molecular formula is C6H11Y-. The van der Waals surface area contributed by atoms with Gasteiger partial charge in [0.05, 0.1) is 0 Å². The molecule has 0 heterocycles. The van der Waals surface area contributed by atoms with E-state index in [0.29, 0.717) is 0 Å². The smallest absolute Gasteiger partial charge is 0 e. The van der Waals surface area contributed by atoms with Crippen LogP contribution < -0.4 is 0 Å². The minimum Gasteiger partial charge on any atom is -0.328 e. The van der Waals surface area contributed by atoms with Crippen molar-refractivity contribution in [3.8, 4) is 0 Å². The van der Waals surface area contributed by atoms with Crippen LogP contribution >= 0.6 is 0 Å². The van der Waals surface area contributed by atoms with E-state index in [1.165, 1.54) is 32.1 Å². The predicted molar refractivity (Wildman–Crippen MR) is 27.4 cm³/mol. The van der Waals surface area contributed by atoms with Gasteiger partial charge < -0.3 is 6.42 Å². The van der Waals surface area contributed by atoms with Crippen molar-refractivity contribution in [1.29, 1.82) is 0 Å². The molecule has 1 heteroatoms. The first kappa shape index (κ1) is 8.10. The maximum absolute atomic E-state index is 2.39. The minimum atomic E-state index is 0. The summed E-state index contributed by atoms with van der Waals surface area (Å²) in [6.07, 6.45) is 9.50. The molecule has 0 atom stereocenters. The van der Waals surface area contributed by atoms with Gasteiger partial charge in [-0.2, -0.15) is 12.8 Å². The van der Waals surface area contributed by atoms with E-state index in [2.05, 4.69) is 6.42 Å². The van der Waals surface area contributed by atoms with Crippen molar-refractivity contribution in [3.63, 3.8) is 0 Å². The summed E-state index contributed by atoms with van der Waals surface area (Å²) >= 11 is 0. The Balaban J connectivity index is 0.000000360. The molecule has 7 heavy (non-hydrogen) atoms. The number of rotatable bonds is 0. The molecule has 1 saturated carbocycles. The molecule has 0 aliphatic heterocycles. The topological polar surface area (TPSA) is 0 Å². The maximum atomic E-state index is 2.39. The van der Waals surface area contributed by atoms with Crippen LogP contribution in [0, 0.1) is 6.42 Å². The van der Waals surface area contributed by atoms with Gasteiger partial charge in [0.15, 0.2) is 0 Å². The van der Waals surface area contributed by atoms with E-state index in [-0.39, 0.29) is 32.7 Å². The van der Waals surface area contributed by atoms with Gasteiger partial charge in [0, 0.05) is 32.7 Å². The summed E-state index contributed by atoms with van der Waals surface area (Å²) in [5.74, 6) is 0. The van der Waals surface area contributed by atoms with Gasteiger partial charge >= 0.3 is 0 Å². The van der Waals surface area contributed by atoms with Crippen LogP contribution in [0.15, 0.2) is 0 Å². The van der Waals surface area contributed by atoms with Crippen LogP contribution in [-0.2, 0) is 32.7 Å². The van der Waals surface area contributed by atoms with E-state index in [1.807, 2.05) is 0 Å². The molecule has 0 nitrogen and oxygen atoms in total. The number of hydrogen-bond acceptors (Lipinski definition) is 0. The summed E-state index contributed by atoms with van der Waals surface area (Å²) in [7, 11) is 0. The van der Waals surface area contributed by atoms with Gasteiger partial charge in [-0.05, 0) is 0 Å². The van der Waals surface area contributed by atoms with Gasteiger partial charge in [-0.1, -0.05) is 19.3 Å². The Morgan fingerprint density at radius 1 is 0.857 bits per heavy atom. The van der Waals surface area contributed by atoms with Crippen LogP contribution in [0.4, 0.5) is 0 Å². The second kappa shape index (κ2) is 5.24. The standard InChI is InChI=1S/C6H11.Y/c1-2-4-6-5-3-1;/h1H,2-6H2;/q-1;. The zero-order chi connectivity index (χ0) is 4.24. The van der Waals surface area contributed by atoms with E-state index in [4.69, 9.17) is 0 Å². The molecule has 0 bridgehead atoms. The van der Waals surface area contributed by atoms with Gasteiger partial charge in [0.1, 0.15) is 0 Å². The SMILES string of the molecule is [CH-]1CCCCC1.[Y]. The third-order valence-electron chi connectivity index (χ3n) is 1.32. The maximum Gasteiger partial charge on any atom is 0 e. The Morgan fingerprint density at radius 3 is 1.57 bits per heavy atom. The fraction of sp³-hybridized carbons (Fsp3) is 0.833. The molecule has 0 spiro atoms. The van der Waals surface area contributed by atoms with Gasteiger partial charge in [0.25, 0.3) is 0 Å². The second-order valence-electron chi connectivity index (χ2n) is 1.93.